The van der Waals surface area contributed by atoms with Gasteiger partial charge in [-0.1, -0.05) is 22.9 Å². The average molecular weight is 419 g/mol. The van der Waals surface area contributed by atoms with Gasteiger partial charge < -0.3 is 15.5 Å². The quantitative estimate of drug-likeness (QED) is 0.789. The third kappa shape index (κ3) is 4.28. The molecule has 3 heterocycles. The Hall–Kier alpha value is -2.45. The van der Waals surface area contributed by atoms with E-state index in [9.17, 15) is 9.59 Å². The Morgan fingerprint density at radius 2 is 1.83 bits per heavy atom. The molecule has 0 spiro atoms. The second kappa shape index (κ2) is 8.92. The van der Waals surface area contributed by atoms with Crippen LogP contribution in [0.25, 0.3) is 0 Å². The minimum Gasteiger partial charge on any atom is -0.339 e. The van der Waals surface area contributed by atoms with Crippen molar-refractivity contribution in [3.63, 3.8) is 0 Å². The Bertz CT molecular complexity index is 876. The third-order valence-electron chi connectivity index (χ3n) is 5.65. The van der Waals surface area contributed by atoms with Crippen LogP contribution in [-0.2, 0) is 4.79 Å². The highest BCUT2D eigenvalue weighted by atomic mass is 35.5. The molecule has 156 valence electrons. The third-order valence-corrected chi connectivity index (χ3v) is 5.65. The highest BCUT2D eigenvalue weighted by Gasteiger charge is 2.34. The van der Waals surface area contributed by atoms with Gasteiger partial charge in [-0.15, -0.1) is 17.5 Å². The van der Waals surface area contributed by atoms with E-state index in [1.54, 1.807) is 4.90 Å². The number of piperidine rings is 1. The SMILES string of the molecule is Cc1ccc(N2CCC(NC(=O)c3nnn(C4CCNCC4)c3C)C2=O)cc1.Cl. The van der Waals surface area contributed by atoms with Crippen molar-refractivity contribution < 1.29 is 9.59 Å². The van der Waals surface area contributed by atoms with Crippen LogP contribution in [0.3, 0.4) is 0 Å². The molecule has 29 heavy (non-hydrogen) atoms. The molecule has 0 aliphatic carbocycles. The lowest BCUT2D eigenvalue weighted by Crippen LogP contribution is -2.42. The maximum Gasteiger partial charge on any atom is 0.274 e. The number of carbonyl (C=O) groups is 2. The van der Waals surface area contributed by atoms with Gasteiger partial charge in [0.05, 0.1) is 11.7 Å². The molecule has 1 aromatic heterocycles. The van der Waals surface area contributed by atoms with Gasteiger partial charge in [-0.3, -0.25) is 9.59 Å². The van der Waals surface area contributed by atoms with Gasteiger partial charge in [0.25, 0.3) is 5.91 Å². The van der Waals surface area contributed by atoms with Gasteiger partial charge in [0.15, 0.2) is 5.69 Å². The van der Waals surface area contributed by atoms with Crippen LogP contribution in [0.4, 0.5) is 5.69 Å². The van der Waals surface area contributed by atoms with Crippen LogP contribution in [0.2, 0.25) is 0 Å². The summed E-state index contributed by atoms with van der Waals surface area (Å²) in [5.74, 6) is -0.414. The van der Waals surface area contributed by atoms with E-state index >= 15 is 0 Å². The fraction of sp³-hybridized carbons (Fsp3) is 0.500. The number of anilines is 1. The van der Waals surface area contributed by atoms with E-state index in [1.165, 1.54) is 0 Å². The molecule has 2 N–H and O–H groups in total. The Morgan fingerprint density at radius 1 is 1.14 bits per heavy atom. The summed E-state index contributed by atoms with van der Waals surface area (Å²) in [6.45, 7) is 6.35. The van der Waals surface area contributed by atoms with Gasteiger partial charge in [-0.2, -0.15) is 0 Å². The van der Waals surface area contributed by atoms with E-state index in [2.05, 4.69) is 20.9 Å². The second-order valence-corrected chi connectivity index (χ2v) is 7.59. The van der Waals surface area contributed by atoms with Crippen LogP contribution in [0.15, 0.2) is 24.3 Å². The number of nitrogens with one attached hydrogen (secondary N) is 2. The number of aromatic nitrogens is 3. The van der Waals surface area contributed by atoms with E-state index in [1.807, 2.05) is 42.8 Å². The van der Waals surface area contributed by atoms with E-state index in [0.29, 0.717) is 18.7 Å². The summed E-state index contributed by atoms with van der Waals surface area (Å²) in [5.41, 5.74) is 3.07. The molecule has 2 aromatic rings. The fourth-order valence-electron chi connectivity index (χ4n) is 3.97. The van der Waals surface area contributed by atoms with E-state index < -0.39 is 6.04 Å². The lowest BCUT2D eigenvalue weighted by molar-refractivity contribution is -0.118. The van der Waals surface area contributed by atoms with Gasteiger partial charge in [0, 0.05) is 12.2 Å². The Kier molecular flexibility index (Phi) is 6.54. The van der Waals surface area contributed by atoms with E-state index in [0.717, 1.165) is 42.9 Å². The molecule has 1 aromatic carbocycles. The molecule has 2 aliphatic rings. The number of halogens is 1. The Balaban J connectivity index is 0.00000240. The zero-order chi connectivity index (χ0) is 19.7. The summed E-state index contributed by atoms with van der Waals surface area (Å²) < 4.78 is 1.85. The molecule has 1 atom stereocenters. The van der Waals surface area contributed by atoms with Crippen molar-refractivity contribution in [2.45, 2.75) is 45.2 Å². The minimum atomic E-state index is -0.530. The molecule has 8 nitrogen and oxygen atoms in total. The van der Waals surface area contributed by atoms with E-state index in [-0.39, 0.29) is 30.3 Å². The summed E-state index contributed by atoms with van der Waals surface area (Å²) in [6, 6.07) is 7.57. The predicted octanol–water partition coefficient (Wildman–Crippen LogP) is 1.78. The summed E-state index contributed by atoms with van der Waals surface area (Å²) in [5, 5.41) is 14.5. The molecular weight excluding hydrogens is 392 g/mol. The van der Waals surface area contributed by atoms with Crippen LogP contribution >= 0.6 is 12.4 Å². The van der Waals surface area contributed by atoms with Crippen LogP contribution in [0.1, 0.15) is 47.1 Å². The number of aryl methyl sites for hydroxylation is 1. The van der Waals surface area contributed by atoms with Crippen molar-refractivity contribution in [1.82, 2.24) is 25.6 Å². The Morgan fingerprint density at radius 3 is 2.52 bits per heavy atom. The van der Waals surface area contributed by atoms with Gasteiger partial charge in [-0.25, -0.2) is 4.68 Å². The van der Waals surface area contributed by atoms with Crippen LogP contribution in [-0.4, -0.2) is 52.5 Å². The average Bonchev–Trinajstić information content (AvgIpc) is 3.26. The molecule has 2 aliphatic heterocycles. The van der Waals surface area contributed by atoms with Gasteiger partial charge >= 0.3 is 0 Å². The van der Waals surface area contributed by atoms with Gasteiger partial charge in [0.1, 0.15) is 6.04 Å². The standard InChI is InChI=1S/C20H26N6O2.ClH/c1-13-3-5-15(6-4-13)25-12-9-17(20(25)28)22-19(27)18-14(2)26(24-23-18)16-7-10-21-11-8-16;/h3-6,16-17,21H,7-12H2,1-2H3,(H,22,27);1H. The molecule has 0 saturated carbocycles. The maximum absolute atomic E-state index is 12.8. The molecule has 0 bridgehead atoms. The summed E-state index contributed by atoms with van der Waals surface area (Å²) in [6.07, 6.45) is 2.52. The maximum atomic E-state index is 12.8. The molecule has 9 heteroatoms. The summed E-state index contributed by atoms with van der Waals surface area (Å²) in [4.78, 5) is 27.2. The monoisotopic (exact) mass is 418 g/mol. The molecule has 2 saturated heterocycles. The number of carbonyl (C=O) groups excluding carboxylic acids is 2. The van der Waals surface area contributed by atoms with Crippen molar-refractivity contribution >= 4 is 29.9 Å². The van der Waals surface area contributed by atoms with Crippen LogP contribution in [0, 0.1) is 13.8 Å². The highest BCUT2D eigenvalue weighted by Crippen LogP contribution is 2.23. The normalized spacial score (nSPS) is 19.9. The van der Waals surface area contributed by atoms with Crippen molar-refractivity contribution in [3.05, 3.63) is 41.2 Å². The van der Waals surface area contributed by atoms with E-state index in [4.69, 9.17) is 0 Å². The topological polar surface area (TPSA) is 92.2 Å². The largest absolute Gasteiger partial charge is 0.339 e. The van der Waals surface area contributed by atoms with Crippen molar-refractivity contribution in [1.29, 1.82) is 0 Å². The molecule has 2 fully saturated rings. The van der Waals surface area contributed by atoms with Gasteiger partial charge in [0.2, 0.25) is 5.91 Å². The first-order chi connectivity index (χ1) is 13.5. The highest BCUT2D eigenvalue weighted by molar-refractivity contribution is 6.03. The predicted molar refractivity (Wildman–Crippen MR) is 113 cm³/mol. The molecule has 0 radical (unpaired) electrons. The zero-order valence-corrected chi connectivity index (χ0v) is 17.5. The van der Waals surface area contributed by atoms with Crippen LogP contribution in [0.5, 0.6) is 0 Å². The summed E-state index contributed by atoms with van der Waals surface area (Å²) >= 11 is 0. The molecule has 1 unspecified atom stereocenters. The van der Waals surface area contributed by atoms with Gasteiger partial charge in [-0.05, 0) is 58.3 Å². The first-order valence-corrected chi connectivity index (χ1v) is 9.86. The number of benzene rings is 1. The lowest BCUT2D eigenvalue weighted by Gasteiger charge is -2.23. The lowest BCUT2D eigenvalue weighted by atomic mass is 10.1. The number of amides is 2. The number of rotatable bonds is 4. The Labute approximate surface area is 176 Å². The van der Waals surface area contributed by atoms with Crippen molar-refractivity contribution in [2.75, 3.05) is 24.5 Å². The molecule has 4 rings (SSSR count). The van der Waals surface area contributed by atoms with Crippen molar-refractivity contribution in [3.8, 4) is 0 Å². The second-order valence-electron chi connectivity index (χ2n) is 7.59. The minimum absolute atomic E-state index is 0. The first-order valence-electron chi connectivity index (χ1n) is 9.86. The molecular formula is C20H27ClN6O2. The zero-order valence-electron chi connectivity index (χ0n) is 16.7. The van der Waals surface area contributed by atoms with Crippen molar-refractivity contribution in [2.24, 2.45) is 0 Å². The summed E-state index contributed by atoms with van der Waals surface area (Å²) in [7, 11) is 0. The number of hydrogen-bond acceptors (Lipinski definition) is 5. The fourth-order valence-corrected chi connectivity index (χ4v) is 3.97. The van der Waals surface area contributed by atoms with Crippen LogP contribution < -0.4 is 15.5 Å². The smallest absolute Gasteiger partial charge is 0.274 e. The first kappa shape index (κ1) is 21.3. The number of hydrogen-bond donors (Lipinski definition) is 2. The molecule has 2 amide bonds. The number of nitrogens with zero attached hydrogens (tertiary/aromatic N) is 4.